The Bertz CT molecular complexity index is 718. The van der Waals surface area contributed by atoms with Gasteiger partial charge in [0.1, 0.15) is 6.10 Å². The Balaban J connectivity index is 2.62. The summed E-state index contributed by atoms with van der Waals surface area (Å²) < 4.78 is 16.0. The first-order chi connectivity index (χ1) is 11.0. The number of benzene rings is 1. The number of methoxy groups -OCH3 is 3. The van der Waals surface area contributed by atoms with Crippen LogP contribution in [0, 0.1) is 13.8 Å². The van der Waals surface area contributed by atoms with E-state index in [0.29, 0.717) is 33.5 Å². The first-order valence-electron chi connectivity index (χ1n) is 7.04. The second-order valence-electron chi connectivity index (χ2n) is 5.07. The van der Waals surface area contributed by atoms with E-state index >= 15 is 0 Å². The monoisotopic (exact) mass is 337 g/mol. The highest BCUT2D eigenvalue weighted by Crippen LogP contribution is 2.40. The molecule has 1 aromatic heterocycles. The van der Waals surface area contributed by atoms with Crippen LogP contribution in [0.5, 0.6) is 17.4 Å². The molecule has 6 heteroatoms. The largest absolute Gasteiger partial charge is 0.493 e. The number of pyridine rings is 1. The zero-order valence-electron chi connectivity index (χ0n) is 13.8. The van der Waals surface area contributed by atoms with Crippen molar-refractivity contribution in [3.63, 3.8) is 0 Å². The number of ether oxygens (including phenoxy) is 3. The number of halogens is 1. The zero-order valence-corrected chi connectivity index (χ0v) is 14.6. The molecule has 2 rings (SSSR count). The zero-order chi connectivity index (χ0) is 17.1. The van der Waals surface area contributed by atoms with Crippen molar-refractivity contribution >= 4 is 11.6 Å². The van der Waals surface area contributed by atoms with Gasteiger partial charge in [-0.25, -0.2) is 4.98 Å². The molecule has 124 valence electrons. The molecule has 0 amide bonds. The van der Waals surface area contributed by atoms with Crippen LogP contribution in [0.15, 0.2) is 18.3 Å². The minimum Gasteiger partial charge on any atom is -0.493 e. The Morgan fingerprint density at radius 1 is 1.04 bits per heavy atom. The summed E-state index contributed by atoms with van der Waals surface area (Å²) in [7, 11) is 4.64. The topological polar surface area (TPSA) is 60.8 Å². The van der Waals surface area contributed by atoms with Crippen LogP contribution in [-0.4, -0.2) is 31.4 Å². The second kappa shape index (κ2) is 7.06. The van der Waals surface area contributed by atoms with Crippen LogP contribution in [0.2, 0.25) is 5.02 Å². The molecule has 0 saturated carbocycles. The van der Waals surface area contributed by atoms with Crippen molar-refractivity contribution in [3.05, 3.63) is 45.6 Å². The predicted octanol–water partition coefficient (Wildman–Crippen LogP) is 3.46. The molecule has 23 heavy (non-hydrogen) atoms. The lowest BCUT2D eigenvalue weighted by molar-refractivity contribution is 0.211. The number of hydrogen-bond donors (Lipinski definition) is 1. The predicted molar refractivity (Wildman–Crippen MR) is 88.9 cm³/mol. The molecule has 1 heterocycles. The van der Waals surface area contributed by atoms with Crippen molar-refractivity contribution < 1.29 is 19.3 Å². The maximum absolute atomic E-state index is 10.9. The SMILES string of the molecule is COc1ccc(C(O)c2c(OC)ncc(Cl)c2C)c(C)c1OC. The molecule has 0 aliphatic carbocycles. The van der Waals surface area contributed by atoms with E-state index < -0.39 is 6.10 Å². The Labute approximate surface area is 140 Å². The van der Waals surface area contributed by atoms with Crippen molar-refractivity contribution in [2.75, 3.05) is 21.3 Å². The molecule has 0 aliphatic heterocycles. The summed E-state index contributed by atoms with van der Waals surface area (Å²) >= 11 is 6.15. The first kappa shape index (κ1) is 17.4. The lowest BCUT2D eigenvalue weighted by atomic mass is 9.94. The van der Waals surface area contributed by atoms with E-state index in [2.05, 4.69) is 4.98 Å². The van der Waals surface area contributed by atoms with Crippen molar-refractivity contribution in [3.8, 4) is 17.4 Å². The van der Waals surface area contributed by atoms with Gasteiger partial charge in [-0.05, 0) is 31.0 Å². The Morgan fingerprint density at radius 3 is 2.30 bits per heavy atom. The van der Waals surface area contributed by atoms with Gasteiger partial charge in [-0.15, -0.1) is 0 Å². The Kier molecular flexibility index (Phi) is 5.34. The standard InChI is InChI=1S/C17H20ClNO4/c1-9-11(6-7-13(21-3)16(9)22-4)15(20)14-10(2)12(18)8-19-17(14)23-5/h6-8,15,20H,1-5H3. The van der Waals surface area contributed by atoms with Crippen LogP contribution in [-0.2, 0) is 0 Å². The maximum atomic E-state index is 10.9. The average Bonchev–Trinajstić information content (AvgIpc) is 2.56. The first-order valence-corrected chi connectivity index (χ1v) is 7.42. The van der Waals surface area contributed by atoms with Gasteiger partial charge in [-0.3, -0.25) is 0 Å². The minimum atomic E-state index is -0.948. The highest BCUT2D eigenvalue weighted by atomic mass is 35.5. The van der Waals surface area contributed by atoms with Crippen LogP contribution in [0.25, 0.3) is 0 Å². The fraction of sp³-hybridized carbons (Fsp3) is 0.353. The third-order valence-electron chi connectivity index (χ3n) is 3.88. The Hall–Kier alpha value is -1.98. The molecular weight excluding hydrogens is 318 g/mol. The molecule has 2 aromatic rings. The molecule has 1 atom stereocenters. The fourth-order valence-corrected chi connectivity index (χ4v) is 2.75. The van der Waals surface area contributed by atoms with E-state index in [1.807, 2.05) is 13.8 Å². The molecule has 1 aromatic carbocycles. The smallest absolute Gasteiger partial charge is 0.219 e. The van der Waals surface area contributed by atoms with Crippen molar-refractivity contribution in [1.29, 1.82) is 0 Å². The van der Waals surface area contributed by atoms with Crippen LogP contribution in [0.1, 0.15) is 28.4 Å². The van der Waals surface area contributed by atoms with Crippen LogP contribution < -0.4 is 14.2 Å². The molecule has 1 N–H and O–H groups in total. The molecule has 0 aliphatic rings. The van der Waals surface area contributed by atoms with Gasteiger partial charge < -0.3 is 19.3 Å². The minimum absolute atomic E-state index is 0.341. The van der Waals surface area contributed by atoms with E-state index in [1.54, 1.807) is 26.4 Å². The summed E-state index contributed by atoms with van der Waals surface area (Å²) in [5.74, 6) is 1.53. The van der Waals surface area contributed by atoms with Gasteiger partial charge in [-0.1, -0.05) is 17.7 Å². The molecule has 0 bridgehead atoms. The molecule has 0 radical (unpaired) electrons. The molecule has 5 nitrogen and oxygen atoms in total. The van der Waals surface area contributed by atoms with Gasteiger partial charge in [-0.2, -0.15) is 0 Å². The van der Waals surface area contributed by atoms with E-state index in [1.165, 1.54) is 13.3 Å². The van der Waals surface area contributed by atoms with E-state index in [-0.39, 0.29) is 0 Å². The van der Waals surface area contributed by atoms with Crippen LogP contribution in [0.4, 0.5) is 0 Å². The van der Waals surface area contributed by atoms with E-state index in [9.17, 15) is 5.11 Å². The van der Waals surface area contributed by atoms with Crippen LogP contribution in [0.3, 0.4) is 0 Å². The highest BCUT2D eigenvalue weighted by Gasteiger charge is 2.24. The third-order valence-corrected chi connectivity index (χ3v) is 4.27. The van der Waals surface area contributed by atoms with Gasteiger partial charge in [0.05, 0.1) is 31.9 Å². The summed E-state index contributed by atoms with van der Waals surface area (Å²) in [6, 6.07) is 3.55. The maximum Gasteiger partial charge on any atom is 0.219 e. The molecule has 0 saturated heterocycles. The van der Waals surface area contributed by atoms with Gasteiger partial charge in [0.2, 0.25) is 5.88 Å². The lowest BCUT2D eigenvalue weighted by Gasteiger charge is -2.21. The van der Waals surface area contributed by atoms with E-state index in [0.717, 1.165) is 11.1 Å². The molecular formula is C17H20ClNO4. The quantitative estimate of drug-likeness (QED) is 0.905. The van der Waals surface area contributed by atoms with Gasteiger partial charge in [0.25, 0.3) is 0 Å². The summed E-state index contributed by atoms with van der Waals surface area (Å²) in [5, 5.41) is 11.4. The third kappa shape index (κ3) is 3.07. The van der Waals surface area contributed by atoms with Gasteiger partial charge in [0, 0.05) is 11.8 Å². The number of aliphatic hydroxyl groups excluding tert-OH is 1. The molecule has 1 unspecified atom stereocenters. The molecule has 0 fully saturated rings. The lowest BCUT2D eigenvalue weighted by Crippen LogP contribution is -2.09. The van der Waals surface area contributed by atoms with Crippen LogP contribution >= 0.6 is 11.6 Å². The van der Waals surface area contributed by atoms with E-state index in [4.69, 9.17) is 25.8 Å². The number of rotatable bonds is 5. The number of aliphatic hydroxyl groups is 1. The average molecular weight is 338 g/mol. The summed E-state index contributed by atoms with van der Waals surface area (Å²) in [6.07, 6.45) is 0.559. The van der Waals surface area contributed by atoms with Gasteiger partial charge in [0.15, 0.2) is 11.5 Å². The summed E-state index contributed by atoms with van der Waals surface area (Å²) in [4.78, 5) is 4.14. The number of nitrogens with zero attached hydrogens (tertiary/aromatic N) is 1. The van der Waals surface area contributed by atoms with Gasteiger partial charge >= 0.3 is 0 Å². The van der Waals surface area contributed by atoms with Crippen molar-refractivity contribution in [2.45, 2.75) is 20.0 Å². The molecule has 0 spiro atoms. The summed E-state index contributed by atoms with van der Waals surface area (Å²) in [6.45, 7) is 3.68. The Morgan fingerprint density at radius 2 is 1.74 bits per heavy atom. The number of hydrogen-bond acceptors (Lipinski definition) is 5. The summed E-state index contributed by atoms with van der Waals surface area (Å²) in [5.41, 5.74) is 2.71. The number of aromatic nitrogens is 1. The fourth-order valence-electron chi connectivity index (χ4n) is 2.60. The van der Waals surface area contributed by atoms with Crippen molar-refractivity contribution in [2.24, 2.45) is 0 Å². The normalized spacial score (nSPS) is 12.0. The van der Waals surface area contributed by atoms with Crippen molar-refractivity contribution in [1.82, 2.24) is 4.98 Å². The second-order valence-corrected chi connectivity index (χ2v) is 5.48. The highest BCUT2D eigenvalue weighted by molar-refractivity contribution is 6.31.